The van der Waals surface area contributed by atoms with Gasteiger partial charge in [-0.25, -0.2) is 9.78 Å². The van der Waals surface area contributed by atoms with Gasteiger partial charge in [0.1, 0.15) is 16.5 Å². The van der Waals surface area contributed by atoms with Gasteiger partial charge in [0.15, 0.2) is 0 Å². The van der Waals surface area contributed by atoms with Crippen LogP contribution in [0.5, 0.6) is 11.5 Å². The van der Waals surface area contributed by atoms with Crippen LogP contribution in [0.25, 0.3) is 10.6 Å². The number of thiazole rings is 1. The van der Waals surface area contributed by atoms with Crippen molar-refractivity contribution in [3.8, 4) is 22.1 Å². The van der Waals surface area contributed by atoms with Crippen LogP contribution in [-0.2, 0) is 6.42 Å². The van der Waals surface area contributed by atoms with Crippen molar-refractivity contribution in [3.05, 3.63) is 59.1 Å². The van der Waals surface area contributed by atoms with E-state index >= 15 is 0 Å². The summed E-state index contributed by atoms with van der Waals surface area (Å²) < 4.78 is 10.4. The van der Waals surface area contributed by atoms with Gasteiger partial charge in [0.2, 0.25) is 0 Å². The number of hydrogen-bond acceptors (Lipinski definition) is 5. The van der Waals surface area contributed by atoms with Crippen molar-refractivity contribution in [2.24, 2.45) is 0 Å². The van der Waals surface area contributed by atoms with E-state index in [0.717, 1.165) is 16.3 Å². The Morgan fingerprint density at radius 1 is 1.07 bits per heavy atom. The molecule has 2 N–H and O–H groups in total. The predicted octanol–water partition coefficient (Wildman–Crippen LogP) is 4.50. The molecule has 0 atom stereocenters. The molecule has 0 saturated carbocycles. The average molecular weight is 398 g/mol. The zero-order chi connectivity index (χ0) is 19.9. The molecular formula is C21H23N3O3S. The molecule has 0 aliphatic heterocycles. The number of nitrogens with zero attached hydrogens (tertiary/aromatic N) is 1. The molecule has 6 nitrogen and oxygen atoms in total. The first-order valence-electron chi connectivity index (χ1n) is 8.87. The van der Waals surface area contributed by atoms with Crippen LogP contribution < -0.4 is 20.1 Å². The van der Waals surface area contributed by atoms with Gasteiger partial charge in [-0.1, -0.05) is 29.8 Å². The van der Waals surface area contributed by atoms with Crippen LogP contribution >= 0.6 is 11.3 Å². The van der Waals surface area contributed by atoms with E-state index in [2.05, 4.69) is 46.8 Å². The van der Waals surface area contributed by atoms with Crippen LogP contribution in [0.4, 0.5) is 10.5 Å². The highest BCUT2D eigenvalue weighted by Gasteiger charge is 2.08. The molecule has 0 spiro atoms. The second-order valence-corrected chi connectivity index (χ2v) is 7.10. The number of aryl methyl sites for hydroxylation is 1. The van der Waals surface area contributed by atoms with Gasteiger partial charge >= 0.3 is 6.03 Å². The van der Waals surface area contributed by atoms with Crippen molar-refractivity contribution in [2.45, 2.75) is 13.3 Å². The van der Waals surface area contributed by atoms with Gasteiger partial charge < -0.3 is 20.1 Å². The van der Waals surface area contributed by atoms with Gasteiger partial charge in [0.25, 0.3) is 0 Å². The van der Waals surface area contributed by atoms with E-state index in [1.165, 1.54) is 5.56 Å². The minimum absolute atomic E-state index is 0.288. The fraction of sp³-hybridized carbons (Fsp3) is 0.238. The average Bonchev–Trinajstić information content (AvgIpc) is 3.17. The standard InChI is InChI=1S/C21H23N3O3S/c1-14-4-6-15(7-5-14)20-23-16(13-28-20)8-9-22-21(25)24-17-10-18(26-2)12-19(11-17)27-3/h4-7,10-13H,8-9H2,1-3H3,(H2,22,24,25). The summed E-state index contributed by atoms with van der Waals surface area (Å²) in [4.78, 5) is 16.8. The number of benzene rings is 2. The highest BCUT2D eigenvalue weighted by molar-refractivity contribution is 7.13. The molecule has 0 bridgehead atoms. The summed E-state index contributed by atoms with van der Waals surface area (Å²) in [6.07, 6.45) is 0.664. The Morgan fingerprint density at radius 3 is 2.39 bits per heavy atom. The highest BCUT2D eigenvalue weighted by Crippen LogP contribution is 2.26. The van der Waals surface area contributed by atoms with Crippen molar-refractivity contribution < 1.29 is 14.3 Å². The summed E-state index contributed by atoms with van der Waals surface area (Å²) >= 11 is 1.61. The SMILES string of the molecule is COc1cc(NC(=O)NCCc2csc(-c3ccc(C)cc3)n2)cc(OC)c1. The summed E-state index contributed by atoms with van der Waals surface area (Å²) in [5.41, 5.74) is 3.90. The summed E-state index contributed by atoms with van der Waals surface area (Å²) in [7, 11) is 3.13. The maximum Gasteiger partial charge on any atom is 0.319 e. The molecule has 2 aromatic carbocycles. The third-order valence-corrected chi connectivity index (χ3v) is 5.07. The second kappa shape index (κ2) is 9.23. The van der Waals surface area contributed by atoms with Crippen molar-refractivity contribution in [3.63, 3.8) is 0 Å². The predicted molar refractivity (Wildman–Crippen MR) is 113 cm³/mol. The Labute approximate surface area is 168 Å². The van der Waals surface area contributed by atoms with E-state index in [0.29, 0.717) is 30.2 Å². The monoisotopic (exact) mass is 397 g/mol. The number of carbonyl (C=O) groups is 1. The summed E-state index contributed by atoms with van der Waals surface area (Å²) in [5.74, 6) is 1.22. The Morgan fingerprint density at radius 2 is 1.75 bits per heavy atom. The van der Waals surface area contributed by atoms with Crippen LogP contribution in [-0.4, -0.2) is 31.8 Å². The van der Waals surface area contributed by atoms with Crippen molar-refractivity contribution in [2.75, 3.05) is 26.1 Å². The third-order valence-electron chi connectivity index (χ3n) is 4.13. The number of nitrogens with one attached hydrogen (secondary N) is 2. The number of aromatic nitrogens is 1. The lowest BCUT2D eigenvalue weighted by Crippen LogP contribution is -2.30. The van der Waals surface area contributed by atoms with E-state index in [9.17, 15) is 4.79 Å². The second-order valence-electron chi connectivity index (χ2n) is 6.24. The number of rotatable bonds is 7. The van der Waals surface area contributed by atoms with E-state index in [4.69, 9.17) is 9.47 Å². The summed E-state index contributed by atoms with van der Waals surface area (Å²) in [6.45, 7) is 2.55. The van der Waals surface area contributed by atoms with E-state index in [1.807, 2.05) is 5.38 Å². The van der Waals surface area contributed by atoms with Gasteiger partial charge in [-0.2, -0.15) is 0 Å². The number of methoxy groups -OCH3 is 2. The Balaban J connectivity index is 1.51. The zero-order valence-corrected chi connectivity index (χ0v) is 16.9. The van der Waals surface area contributed by atoms with Crippen molar-refractivity contribution in [1.82, 2.24) is 10.3 Å². The van der Waals surface area contributed by atoms with Gasteiger partial charge in [-0.3, -0.25) is 0 Å². The lowest BCUT2D eigenvalue weighted by molar-refractivity contribution is 0.252. The molecule has 0 unspecified atom stereocenters. The Bertz CT molecular complexity index is 916. The number of carbonyl (C=O) groups excluding carboxylic acids is 1. The number of anilines is 1. The lowest BCUT2D eigenvalue weighted by Gasteiger charge is -2.10. The molecule has 28 heavy (non-hydrogen) atoms. The Kier molecular flexibility index (Phi) is 6.49. The van der Waals surface area contributed by atoms with Crippen LogP contribution in [0.1, 0.15) is 11.3 Å². The van der Waals surface area contributed by atoms with Gasteiger partial charge in [-0.05, 0) is 6.92 Å². The largest absolute Gasteiger partial charge is 0.497 e. The molecule has 0 fully saturated rings. The quantitative estimate of drug-likeness (QED) is 0.616. The molecule has 0 radical (unpaired) electrons. The minimum Gasteiger partial charge on any atom is -0.497 e. The topological polar surface area (TPSA) is 72.5 Å². The molecule has 2 amide bonds. The molecule has 3 aromatic rings. The molecule has 146 valence electrons. The zero-order valence-electron chi connectivity index (χ0n) is 16.1. The molecule has 0 saturated heterocycles. The van der Waals surface area contributed by atoms with Crippen LogP contribution in [0.3, 0.4) is 0 Å². The number of amides is 2. The van der Waals surface area contributed by atoms with Crippen LogP contribution in [0, 0.1) is 6.92 Å². The molecule has 0 aliphatic rings. The van der Waals surface area contributed by atoms with Gasteiger partial charge in [-0.15, -0.1) is 11.3 Å². The molecule has 3 rings (SSSR count). The third kappa shape index (κ3) is 5.23. The number of urea groups is 1. The normalized spacial score (nSPS) is 10.4. The van der Waals surface area contributed by atoms with Crippen molar-refractivity contribution >= 4 is 23.1 Å². The number of hydrogen-bond donors (Lipinski definition) is 2. The highest BCUT2D eigenvalue weighted by atomic mass is 32.1. The summed E-state index contributed by atoms with van der Waals surface area (Å²) in [6, 6.07) is 13.2. The summed E-state index contributed by atoms with van der Waals surface area (Å²) in [5, 5.41) is 8.65. The lowest BCUT2D eigenvalue weighted by atomic mass is 10.2. The first kappa shape index (κ1) is 19.7. The minimum atomic E-state index is -0.288. The molecule has 1 heterocycles. The fourth-order valence-electron chi connectivity index (χ4n) is 2.61. The molecular weight excluding hydrogens is 374 g/mol. The molecule has 1 aromatic heterocycles. The van der Waals surface area contributed by atoms with Gasteiger partial charge in [0.05, 0.1) is 19.9 Å². The maximum atomic E-state index is 12.1. The van der Waals surface area contributed by atoms with E-state index < -0.39 is 0 Å². The fourth-order valence-corrected chi connectivity index (χ4v) is 3.47. The van der Waals surface area contributed by atoms with Crippen molar-refractivity contribution in [1.29, 1.82) is 0 Å². The van der Waals surface area contributed by atoms with E-state index in [1.54, 1.807) is 43.8 Å². The first-order valence-corrected chi connectivity index (χ1v) is 9.74. The molecule has 7 heteroatoms. The Hall–Kier alpha value is -3.06. The smallest absolute Gasteiger partial charge is 0.319 e. The molecule has 0 aliphatic carbocycles. The first-order chi connectivity index (χ1) is 13.6. The van der Waals surface area contributed by atoms with E-state index in [-0.39, 0.29) is 6.03 Å². The maximum absolute atomic E-state index is 12.1. The van der Waals surface area contributed by atoms with Gasteiger partial charge in [0, 0.05) is 47.8 Å². The van der Waals surface area contributed by atoms with Crippen LogP contribution in [0.2, 0.25) is 0 Å². The van der Waals surface area contributed by atoms with Crippen LogP contribution in [0.15, 0.2) is 47.8 Å². The number of ether oxygens (including phenoxy) is 2.